The first-order chi connectivity index (χ1) is 7.75. The Balaban J connectivity index is 1.68. The van der Waals surface area contributed by atoms with Crippen LogP contribution in [0.25, 0.3) is 0 Å². The molecule has 1 heterocycles. The molecule has 2 N–H and O–H groups in total. The van der Waals surface area contributed by atoms with E-state index in [0.29, 0.717) is 6.04 Å². The van der Waals surface area contributed by atoms with Gasteiger partial charge < -0.3 is 15.4 Å². The van der Waals surface area contributed by atoms with Crippen molar-refractivity contribution >= 4 is 0 Å². The van der Waals surface area contributed by atoms with Crippen LogP contribution in [0.3, 0.4) is 0 Å². The molecule has 1 aliphatic carbocycles. The highest BCUT2D eigenvalue weighted by Gasteiger charge is 2.25. The van der Waals surface area contributed by atoms with Crippen molar-refractivity contribution in [3.05, 3.63) is 0 Å². The molecule has 3 heteroatoms. The fourth-order valence-corrected chi connectivity index (χ4v) is 3.16. The molecule has 3 atom stereocenters. The smallest absolute Gasteiger partial charge is 0.0506 e. The Hall–Kier alpha value is -0.120. The van der Waals surface area contributed by atoms with Gasteiger partial charge in [0.2, 0.25) is 0 Å². The Kier molecular flexibility index (Phi) is 4.62. The fraction of sp³-hybridized carbons (Fsp3) is 1.00. The lowest BCUT2D eigenvalue weighted by atomic mass is 10.00. The lowest BCUT2D eigenvalue weighted by molar-refractivity contribution is 0.0400. The summed E-state index contributed by atoms with van der Waals surface area (Å²) in [5.74, 6) is 1.48. The highest BCUT2D eigenvalue weighted by molar-refractivity contribution is 4.82. The molecule has 2 fully saturated rings. The van der Waals surface area contributed by atoms with Gasteiger partial charge in [0.1, 0.15) is 0 Å². The van der Waals surface area contributed by atoms with Crippen molar-refractivity contribution in [3.63, 3.8) is 0 Å². The van der Waals surface area contributed by atoms with Crippen LogP contribution >= 0.6 is 0 Å². The van der Waals surface area contributed by atoms with Crippen molar-refractivity contribution < 1.29 is 4.74 Å². The fourth-order valence-electron chi connectivity index (χ4n) is 3.16. The van der Waals surface area contributed by atoms with Crippen LogP contribution in [-0.4, -0.2) is 44.3 Å². The summed E-state index contributed by atoms with van der Waals surface area (Å²) in [6.07, 6.45) is 6.45. The van der Waals surface area contributed by atoms with Gasteiger partial charge in [0.05, 0.1) is 6.61 Å². The maximum Gasteiger partial charge on any atom is 0.0506 e. The molecule has 1 saturated heterocycles. The number of ether oxygens (including phenoxy) is 1. The first-order valence-corrected chi connectivity index (χ1v) is 6.77. The van der Waals surface area contributed by atoms with Crippen LogP contribution in [-0.2, 0) is 4.74 Å². The molecule has 1 aliphatic heterocycles. The summed E-state index contributed by atoms with van der Waals surface area (Å²) in [6.45, 7) is 4.29. The topological polar surface area (TPSA) is 38.5 Å². The molecule has 1 saturated carbocycles. The molecular formula is C13H26N2O. The second-order valence-corrected chi connectivity index (χ2v) is 5.66. The largest absolute Gasteiger partial charge is 0.381 e. The van der Waals surface area contributed by atoms with Crippen LogP contribution in [0, 0.1) is 11.8 Å². The lowest BCUT2D eigenvalue weighted by Gasteiger charge is -2.29. The Bertz CT molecular complexity index is 204. The Morgan fingerprint density at radius 3 is 2.69 bits per heavy atom. The summed E-state index contributed by atoms with van der Waals surface area (Å²) in [5, 5.41) is 0. The predicted molar refractivity (Wildman–Crippen MR) is 66.4 cm³/mol. The lowest BCUT2D eigenvalue weighted by Crippen LogP contribution is -2.38. The molecular weight excluding hydrogens is 200 g/mol. The summed E-state index contributed by atoms with van der Waals surface area (Å²) < 4.78 is 5.52. The predicted octanol–water partition coefficient (Wildman–Crippen LogP) is 1.47. The molecule has 0 radical (unpaired) electrons. The van der Waals surface area contributed by atoms with E-state index in [4.69, 9.17) is 10.5 Å². The van der Waals surface area contributed by atoms with E-state index in [0.717, 1.165) is 25.0 Å². The minimum absolute atomic E-state index is 0.449. The third-order valence-electron chi connectivity index (χ3n) is 4.09. The molecule has 0 aromatic heterocycles. The second-order valence-electron chi connectivity index (χ2n) is 5.66. The van der Waals surface area contributed by atoms with Crippen molar-refractivity contribution in [2.45, 2.75) is 38.1 Å². The first kappa shape index (κ1) is 12.3. The van der Waals surface area contributed by atoms with E-state index in [1.807, 2.05) is 0 Å². The highest BCUT2D eigenvalue weighted by Crippen LogP contribution is 2.25. The van der Waals surface area contributed by atoms with Gasteiger partial charge in [-0.2, -0.15) is 0 Å². The molecule has 0 aromatic carbocycles. The number of hydrogen-bond donors (Lipinski definition) is 1. The maximum atomic E-state index is 6.11. The molecule has 0 spiro atoms. The average Bonchev–Trinajstić information content (AvgIpc) is 2.66. The minimum Gasteiger partial charge on any atom is -0.381 e. The van der Waals surface area contributed by atoms with Gasteiger partial charge in [0.15, 0.2) is 0 Å². The van der Waals surface area contributed by atoms with E-state index < -0.39 is 0 Å². The molecule has 2 rings (SSSR count). The van der Waals surface area contributed by atoms with Crippen molar-refractivity contribution in [3.8, 4) is 0 Å². The third kappa shape index (κ3) is 3.44. The zero-order chi connectivity index (χ0) is 11.4. The molecule has 0 amide bonds. The van der Waals surface area contributed by atoms with Crippen LogP contribution < -0.4 is 5.73 Å². The molecule has 0 bridgehead atoms. The van der Waals surface area contributed by atoms with Gasteiger partial charge in [-0.1, -0.05) is 6.42 Å². The maximum absolute atomic E-state index is 6.11. The number of nitrogens with two attached hydrogens (primary N) is 1. The number of rotatable bonds is 4. The van der Waals surface area contributed by atoms with Gasteiger partial charge in [-0.15, -0.1) is 0 Å². The monoisotopic (exact) mass is 226 g/mol. The van der Waals surface area contributed by atoms with Gasteiger partial charge in [-0.25, -0.2) is 0 Å². The SMILES string of the molecule is CN(CC1CCCOC1)CC1CCCC1N. The standard InChI is InChI=1S/C13H26N2O/c1-15(8-11-4-3-7-16-10-11)9-12-5-2-6-13(12)14/h11-13H,2-10,14H2,1H3. The highest BCUT2D eigenvalue weighted by atomic mass is 16.5. The summed E-state index contributed by atoms with van der Waals surface area (Å²) in [6, 6.07) is 0.449. The summed E-state index contributed by atoms with van der Waals surface area (Å²) >= 11 is 0. The molecule has 16 heavy (non-hydrogen) atoms. The van der Waals surface area contributed by atoms with Crippen molar-refractivity contribution in [1.29, 1.82) is 0 Å². The van der Waals surface area contributed by atoms with E-state index in [-0.39, 0.29) is 0 Å². The summed E-state index contributed by atoms with van der Waals surface area (Å²) in [4.78, 5) is 2.47. The quantitative estimate of drug-likeness (QED) is 0.789. The summed E-state index contributed by atoms with van der Waals surface area (Å²) in [7, 11) is 2.24. The molecule has 3 unspecified atom stereocenters. The van der Waals surface area contributed by atoms with Crippen molar-refractivity contribution in [2.75, 3.05) is 33.4 Å². The van der Waals surface area contributed by atoms with Crippen LogP contribution in [0.15, 0.2) is 0 Å². The van der Waals surface area contributed by atoms with E-state index in [2.05, 4.69) is 11.9 Å². The zero-order valence-corrected chi connectivity index (χ0v) is 10.5. The van der Waals surface area contributed by atoms with Gasteiger partial charge in [0, 0.05) is 25.7 Å². The molecule has 0 aromatic rings. The van der Waals surface area contributed by atoms with Crippen molar-refractivity contribution in [1.82, 2.24) is 4.90 Å². The molecule has 3 nitrogen and oxygen atoms in total. The Morgan fingerprint density at radius 2 is 2.06 bits per heavy atom. The van der Waals surface area contributed by atoms with E-state index in [1.165, 1.54) is 45.2 Å². The van der Waals surface area contributed by atoms with E-state index >= 15 is 0 Å². The Morgan fingerprint density at radius 1 is 1.19 bits per heavy atom. The first-order valence-electron chi connectivity index (χ1n) is 6.77. The van der Waals surface area contributed by atoms with E-state index in [9.17, 15) is 0 Å². The van der Waals surface area contributed by atoms with Gasteiger partial charge >= 0.3 is 0 Å². The number of nitrogens with zero attached hydrogens (tertiary/aromatic N) is 1. The molecule has 94 valence electrons. The minimum atomic E-state index is 0.449. The third-order valence-corrected chi connectivity index (χ3v) is 4.09. The average molecular weight is 226 g/mol. The Labute approximate surface area is 99.3 Å². The van der Waals surface area contributed by atoms with Crippen molar-refractivity contribution in [2.24, 2.45) is 17.6 Å². The van der Waals surface area contributed by atoms with Crippen LogP contribution in [0.5, 0.6) is 0 Å². The van der Waals surface area contributed by atoms with E-state index in [1.54, 1.807) is 0 Å². The van der Waals surface area contributed by atoms with Crippen LogP contribution in [0.1, 0.15) is 32.1 Å². The number of hydrogen-bond acceptors (Lipinski definition) is 3. The summed E-state index contributed by atoms with van der Waals surface area (Å²) in [5.41, 5.74) is 6.11. The van der Waals surface area contributed by atoms with Crippen LogP contribution in [0.2, 0.25) is 0 Å². The normalized spacial score (nSPS) is 35.8. The second kappa shape index (κ2) is 5.99. The zero-order valence-electron chi connectivity index (χ0n) is 10.5. The van der Waals surface area contributed by atoms with Gasteiger partial charge in [-0.05, 0) is 44.6 Å². The van der Waals surface area contributed by atoms with Gasteiger partial charge in [-0.3, -0.25) is 0 Å². The van der Waals surface area contributed by atoms with Gasteiger partial charge in [0.25, 0.3) is 0 Å². The van der Waals surface area contributed by atoms with Crippen LogP contribution in [0.4, 0.5) is 0 Å². The molecule has 2 aliphatic rings.